The van der Waals surface area contributed by atoms with E-state index in [2.05, 4.69) is 13.8 Å². The molecule has 0 N–H and O–H groups in total. The molecule has 4 rings (SSSR count). The molecule has 0 radical (unpaired) electrons. The molecule has 2 heteroatoms. The minimum absolute atomic E-state index is 0.0246. The van der Waals surface area contributed by atoms with Crippen LogP contribution in [0.4, 0.5) is 0 Å². The van der Waals surface area contributed by atoms with Crippen molar-refractivity contribution in [1.82, 2.24) is 0 Å². The van der Waals surface area contributed by atoms with Gasteiger partial charge in [-0.05, 0) is 67.8 Å². The van der Waals surface area contributed by atoms with Crippen LogP contribution >= 0.6 is 0 Å². The zero-order valence-electron chi connectivity index (χ0n) is 15.3. The first-order valence-corrected chi connectivity index (χ1v) is 9.72. The average Bonchev–Trinajstić information content (AvgIpc) is 2.86. The van der Waals surface area contributed by atoms with E-state index in [0.717, 1.165) is 38.5 Å². The van der Waals surface area contributed by atoms with Gasteiger partial charge >= 0.3 is 0 Å². The smallest absolute Gasteiger partial charge is 0.155 e. The van der Waals surface area contributed by atoms with Crippen molar-refractivity contribution in [2.24, 2.45) is 28.6 Å². The minimum atomic E-state index is -0.0246. The fourth-order valence-corrected chi connectivity index (χ4v) is 6.33. The molecule has 3 unspecified atom stereocenters. The van der Waals surface area contributed by atoms with Crippen molar-refractivity contribution >= 4 is 11.6 Å². The Labute approximate surface area is 141 Å². The summed E-state index contributed by atoms with van der Waals surface area (Å²) in [6, 6.07) is 0. The molecular formula is C21H32O2. The summed E-state index contributed by atoms with van der Waals surface area (Å²) in [5, 5.41) is 0. The van der Waals surface area contributed by atoms with E-state index >= 15 is 0 Å². The maximum Gasteiger partial charge on any atom is 0.155 e. The van der Waals surface area contributed by atoms with Crippen LogP contribution in [-0.2, 0) is 9.59 Å². The zero-order chi connectivity index (χ0) is 16.8. The molecule has 0 aromatic rings. The van der Waals surface area contributed by atoms with E-state index in [1.54, 1.807) is 0 Å². The first-order chi connectivity index (χ1) is 10.9. The Kier molecular flexibility index (Phi) is 4.31. The Morgan fingerprint density at radius 1 is 0.870 bits per heavy atom. The van der Waals surface area contributed by atoms with Gasteiger partial charge in [0.25, 0.3) is 0 Å². The van der Waals surface area contributed by atoms with Crippen molar-refractivity contribution in [2.75, 3.05) is 0 Å². The first kappa shape index (κ1) is 16.9. The molecule has 0 bridgehead atoms. The average molecular weight is 316 g/mol. The van der Waals surface area contributed by atoms with Gasteiger partial charge in [0.2, 0.25) is 0 Å². The van der Waals surface area contributed by atoms with Crippen LogP contribution in [0.1, 0.15) is 79.1 Å². The van der Waals surface area contributed by atoms with Crippen molar-refractivity contribution in [3.05, 3.63) is 11.6 Å². The highest BCUT2D eigenvalue weighted by Gasteiger charge is 2.58. The lowest BCUT2D eigenvalue weighted by Gasteiger charge is -2.56. The second-order valence-corrected chi connectivity index (χ2v) is 8.39. The molecule has 3 saturated carbocycles. The number of hydrogen-bond donors (Lipinski definition) is 0. The molecule has 0 aromatic heterocycles. The van der Waals surface area contributed by atoms with Gasteiger partial charge in [-0.3, -0.25) is 9.59 Å². The number of hydrogen-bond acceptors (Lipinski definition) is 2. The Balaban J connectivity index is 0.000000753. The molecule has 0 aromatic carbocycles. The summed E-state index contributed by atoms with van der Waals surface area (Å²) < 4.78 is 0. The van der Waals surface area contributed by atoms with Gasteiger partial charge in [-0.1, -0.05) is 33.3 Å². The van der Waals surface area contributed by atoms with E-state index in [0.29, 0.717) is 29.3 Å². The second kappa shape index (κ2) is 5.86. The van der Waals surface area contributed by atoms with Crippen LogP contribution in [-0.4, -0.2) is 11.6 Å². The van der Waals surface area contributed by atoms with Gasteiger partial charge in [0.15, 0.2) is 5.78 Å². The number of ketones is 2. The Bertz CT molecular complexity index is 546. The summed E-state index contributed by atoms with van der Waals surface area (Å²) in [6.07, 6.45) is 10.2. The third-order valence-corrected chi connectivity index (χ3v) is 7.67. The Morgan fingerprint density at radius 2 is 1.57 bits per heavy atom. The fourth-order valence-electron chi connectivity index (χ4n) is 6.33. The predicted octanol–water partition coefficient (Wildman–Crippen LogP) is 5.11. The number of carbonyl (C=O) groups is 2. The van der Waals surface area contributed by atoms with E-state index in [9.17, 15) is 9.59 Å². The Hall–Kier alpha value is -0.920. The highest BCUT2D eigenvalue weighted by atomic mass is 16.1. The van der Waals surface area contributed by atoms with Gasteiger partial charge in [-0.15, -0.1) is 0 Å². The number of fused-ring (bicyclic) bond motifs is 5. The summed E-state index contributed by atoms with van der Waals surface area (Å²) in [5.74, 6) is 2.88. The van der Waals surface area contributed by atoms with E-state index in [4.69, 9.17) is 0 Å². The van der Waals surface area contributed by atoms with Crippen molar-refractivity contribution in [2.45, 2.75) is 79.1 Å². The predicted molar refractivity (Wildman–Crippen MR) is 93.1 cm³/mol. The molecule has 0 saturated heterocycles. The second-order valence-electron chi connectivity index (χ2n) is 8.39. The van der Waals surface area contributed by atoms with Gasteiger partial charge in [0.1, 0.15) is 5.78 Å². The molecule has 5 atom stereocenters. The number of Topliss-reactive ketones (excluding diaryl/α,β-unsaturated/α-hetero) is 1. The highest BCUT2D eigenvalue weighted by Crippen LogP contribution is 2.64. The van der Waals surface area contributed by atoms with E-state index in [-0.39, 0.29) is 10.8 Å². The zero-order valence-corrected chi connectivity index (χ0v) is 15.3. The van der Waals surface area contributed by atoms with Gasteiger partial charge in [0, 0.05) is 18.3 Å². The maximum absolute atomic E-state index is 12.4. The molecule has 4 aliphatic carbocycles. The molecule has 0 spiro atoms. The monoisotopic (exact) mass is 316 g/mol. The van der Waals surface area contributed by atoms with Crippen molar-refractivity contribution in [3.63, 3.8) is 0 Å². The molecule has 0 heterocycles. The van der Waals surface area contributed by atoms with Gasteiger partial charge in [0.05, 0.1) is 0 Å². The van der Waals surface area contributed by atoms with Crippen molar-refractivity contribution < 1.29 is 9.59 Å². The molecule has 4 aliphatic rings. The van der Waals surface area contributed by atoms with Crippen molar-refractivity contribution in [1.29, 1.82) is 0 Å². The van der Waals surface area contributed by atoms with Gasteiger partial charge in [-0.2, -0.15) is 0 Å². The third kappa shape index (κ3) is 2.36. The summed E-state index contributed by atoms with van der Waals surface area (Å²) >= 11 is 0. The minimum Gasteiger partial charge on any atom is -0.299 e. The first-order valence-electron chi connectivity index (χ1n) is 9.72. The standard InChI is InChI=1S/C19H26O2.C2H6/c1-18-9-7-13(20)11-12(18)3-4-14-15-5-6-17(21)19(15,2)10-8-16(14)18;1-2/h11,14-16H,3-10H2,1-2H3;1-2H3/t14?,15?,16?,18-,19-;/m0./s1. The number of allylic oxidation sites excluding steroid dienone is 1. The lowest BCUT2D eigenvalue weighted by molar-refractivity contribution is -0.132. The van der Waals surface area contributed by atoms with Crippen LogP contribution in [0.5, 0.6) is 0 Å². The summed E-state index contributed by atoms with van der Waals surface area (Å²) in [4.78, 5) is 24.1. The van der Waals surface area contributed by atoms with Gasteiger partial charge in [-0.25, -0.2) is 0 Å². The number of carbonyl (C=O) groups excluding carboxylic acids is 2. The van der Waals surface area contributed by atoms with Gasteiger partial charge < -0.3 is 0 Å². The Morgan fingerprint density at radius 3 is 2.30 bits per heavy atom. The third-order valence-electron chi connectivity index (χ3n) is 7.67. The summed E-state index contributed by atoms with van der Waals surface area (Å²) in [5.41, 5.74) is 1.64. The maximum atomic E-state index is 12.4. The van der Waals surface area contributed by atoms with Crippen LogP contribution in [0, 0.1) is 28.6 Å². The molecule has 23 heavy (non-hydrogen) atoms. The molecule has 0 aliphatic heterocycles. The normalized spacial score (nSPS) is 45.2. The van der Waals surface area contributed by atoms with Crippen molar-refractivity contribution in [3.8, 4) is 0 Å². The van der Waals surface area contributed by atoms with Crippen LogP contribution in [0.2, 0.25) is 0 Å². The van der Waals surface area contributed by atoms with E-state index in [1.165, 1.54) is 18.4 Å². The quantitative estimate of drug-likeness (QED) is 0.622. The number of rotatable bonds is 0. The molecule has 0 amide bonds. The summed E-state index contributed by atoms with van der Waals surface area (Å²) in [6.45, 7) is 8.64. The van der Waals surface area contributed by atoms with Crippen LogP contribution in [0.15, 0.2) is 11.6 Å². The van der Waals surface area contributed by atoms with Crippen LogP contribution in [0.3, 0.4) is 0 Å². The topological polar surface area (TPSA) is 34.1 Å². The molecular weight excluding hydrogens is 284 g/mol. The molecule has 128 valence electrons. The lowest BCUT2D eigenvalue weighted by atomic mass is 9.47. The van der Waals surface area contributed by atoms with Crippen LogP contribution < -0.4 is 0 Å². The molecule has 2 nitrogen and oxygen atoms in total. The highest BCUT2D eigenvalue weighted by molar-refractivity contribution is 5.91. The largest absolute Gasteiger partial charge is 0.299 e. The molecule has 3 fully saturated rings. The SMILES string of the molecule is CC.C[C@]12CCC(=O)C=C1CCC1C2CC[C@]2(C)C(=O)CCC12. The summed E-state index contributed by atoms with van der Waals surface area (Å²) in [7, 11) is 0. The van der Waals surface area contributed by atoms with E-state index in [1.807, 2.05) is 19.9 Å². The lowest BCUT2D eigenvalue weighted by Crippen LogP contribution is -2.50. The van der Waals surface area contributed by atoms with Crippen LogP contribution in [0.25, 0.3) is 0 Å². The van der Waals surface area contributed by atoms with E-state index < -0.39 is 0 Å². The fraction of sp³-hybridized carbons (Fsp3) is 0.810.